The normalized spacial score (nSPS) is 19.3. The van der Waals surface area contributed by atoms with Gasteiger partial charge in [-0.3, -0.25) is 0 Å². The van der Waals surface area contributed by atoms with Crippen molar-refractivity contribution in [1.29, 1.82) is 0 Å². The Balaban J connectivity index is 2.01. The molecular formula is C12H15N3O2. The van der Waals surface area contributed by atoms with E-state index in [-0.39, 0.29) is 12.6 Å². The first-order valence-electron chi connectivity index (χ1n) is 5.91. The summed E-state index contributed by atoms with van der Waals surface area (Å²) in [7, 11) is 0. The maximum absolute atomic E-state index is 9.31. The lowest BCUT2D eigenvalue weighted by Crippen LogP contribution is -2.21. The third kappa shape index (κ3) is 1.76. The van der Waals surface area contributed by atoms with E-state index in [1.54, 1.807) is 0 Å². The maximum Gasteiger partial charge on any atom is 0.217 e. The molecule has 0 spiro atoms. The molecule has 0 amide bonds. The first-order chi connectivity index (χ1) is 8.28. The van der Waals surface area contributed by atoms with Crippen molar-refractivity contribution in [2.75, 3.05) is 6.61 Å². The zero-order valence-corrected chi connectivity index (χ0v) is 9.76. The fourth-order valence-electron chi connectivity index (χ4n) is 2.26. The summed E-state index contributed by atoms with van der Waals surface area (Å²) in [5.41, 5.74) is 0. The third-order valence-electron chi connectivity index (χ3n) is 3.16. The Hall–Kier alpha value is -1.62. The van der Waals surface area contributed by atoms with Crippen molar-refractivity contribution < 1.29 is 9.52 Å². The van der Waals surface area contributed by atoms with Gasteiger partial charge < -0.3 is 9.52 Å². The standard InChI is InChI=1S/C12H15N3O2/c1-8-5-6-10(17-8)12-13-11-4-2-3-9(7-16)15(11)14-12/h5-6,9,16H,2-4,7H2,1H3. The molecule has 1 unspecified atom stereocenters. The van der Waals surface area contributed by atoms with Crippen molar-refractivity contribution in [1.82, 2.24) is 14.8 Å². The molecule has 90 valence electrons. The van der Waals surface area contributed by atoms with Gasteiger partial charge in [0.15, 0.2) is 5.76 Å². The monoisotopic (exact) mass is 233 g/mol. The van der Waals surface area contributed by atoms with E-state index < -0.39 is 0 Å². The summed E-state index contributed by atoms with van der Waals surface area (Å²) < 4.78 is 7.36. The van der Waals surface area contributed by atoms with Gasteiger partial charge in [-0.15, -0.1) is 5.10 Å². The third-order valence-corrected chi connectivity index (χ3v) is 3.16. The Morgan fingerprint density at radius 2 is 2.41 bits per heavy atom. The lowest BCUT2D eigenvalue weighted by Gasteiger charge is -2.20. The molecule has 3 rings (SSSR count). The summed E-state index contributed by atoms with van der Waals surface area (Å²) in [6.45, 7) is 2.02. The Morgan fingerprint density at radius 1 is 1.53 bits per heavy atom. The predicted molar refractivity (Wildman–Crippen MR) is 61.5 cm³/mol. The molecule has 0 saturated heterocycles. The molecule has 1 aliphatic heterocycles. The summed E-state index contributed by atoms with van der Waals surface area (Å²) in [5.74, 6) is 3.11. The average Bonchev–Trinajstić information content (AvgIpc) is 2.93. The molecule has 5 nitrogen and oxygen atoms in total. The van der Waals surface area contributed by atoms with Crippen LogP contribution in [0.4, 0.5) is 0 Å². The number of aryl methyl sites for hydroxylation is 2. The van der Waals surface area contributed by atoms with E-state index in [9.17, 15) is 5.11 Å². The fraction of sp³-hybridized carbons (Fsp3) is 0.500. The molecule has 1 atom stereocenters. The zero-order valence-electron chi connectivity index (χ0n) is 9.76. The minimum absolute atomic E-state index is 0.0658. The highest BCUT2D eigenvalue weighted by Gasteiger charge is 2.23. The van der Waals surface area contributed by atoms with E-state index in [0.717, 1.165) is 30.8 Å². The highest BCUT2D eigenvalue weighted by Crippen LogP contribution is 2.26. The van der Waals surface area contributed by atoms with Crippen molar-refractivity contribution in [3.63, 3.8) is 0 Å². The van der Waals surface area contributed by atoms with Gasteiger partial charge in [0.05, 0.1) is 12.6 Å². The lowest BCUT2D eigenvalue weighted by atomic mass is 10.1. The Morgan fingerprint density at radius 3 is 3.12 bits per heavy atom. The SMILES string of the molecule is Cc1ccc(-c2nc3n(n2)C(CO)CCC3)o1. The van der Waals surface area contributed by atoms with Gasteiger partial charge in [0, 0.05) is 6.42 Å². The van der Waals surface area contributed by atoms with Gasteiger partial charge in [-0.2, -0.15) is 0 Å². The number of aromatic nitrogens is 3. The summed E-state index contributed by atoms with van der Waals surface area (Å²) in [4.78, 5) is 4.48. The van der Waals surface area contributed by atoms with Gasteiger partial charge in [-0.25, -0.2) is 9.67 Å². The van der Waals surface area contributed by atoms with Crippen molar-refractivity contribution in [2.45, 2.75) is 32.2 Å². The smallest absolute Gasteiger partial charge is 0.217 e. The first kappa shape index (κ1) is 10.5. The van der Waals surface area contributed by atoms with Crippen LogP contribution in [0.1, 0.15) is 30.5 Å². The van der Waals surface area contributed by atoms with Crippen LogP contribution in [0, 0.1) is 6.92 Å². The van der Waals surface area contributed by atoms with Gasteiger partial charge >= 0.3 is 0 Å². The molecule has 5 heteroatoms. The van der Waals surface area contributed by atoms with Gasteiger partial charge in [0.1, 0.15) is 11.6 Å². The highest BCUT2D eigenvalue weighted by atomic mass is 16.3. The first-order valence-corrected chi connectivity index (χ1v) is 5.91. The molecule has 0 radical (unpaired) electrons. The van der Waals surface area contributed by atoms with E-state index in [1.807, 2.05) is 23.7 Å². The maximum atomic E-state index is 9.31. The molecular weight excluding hydrogens is 218 g/mol. The second-order valence-corrected chi connectivity index (χ2v) is 4.44. The van der Waals surface area contributed by atoms with Crippen molar-refractivity contribution in [2.24, 2.45) is 0 Å². The van der Waals surface area contributed by atoms with E-state index in [1.165, 1.54) is 0 Å². The van der Waals surface area contributed by atoms with E-state index in [0.29, 0.717) is 11.6 Å². The largest absolute Gasteiger partial charge is 0.458 e. The van der Waals surface area contributed by atoms with Gasteiger partial charge in [-0.05, 0) is 31.9 Å². The molecule has 3 heterocycles. The van der Waals surface area contributed by atoms with Crippen molar-refractivity contribution in [3.05, 3.63) is 23.7 Å². The predicted octanol–water partition coefficient (Wildman–Crippen LogP) is 1.72. The Labute approximate surface area is 99.1 Å². The number of hydrogen-bond acceptors (Lipinski definition) is 4. The molecule has 0 fully saturated rings. The molecule has 2 aromatic heterocycles. The highest BCUT2D eigenvalue weighted by molar-refractivity contribution is 5.46. The molecule has 0 saturated carbocycles. The van der Waals surface area contributed by atoms with Gasteiger partial charge in [0.25, 0.3) is 0 Å². The topological polar surface area (TPSA) is 64.1 Å². The minimum atomic E-state index is 0.0658. The number of nitrogens with zero attached hydrogens (tertiary/aromatic N) is 3. The molecule has 1 N–H and O–H groups in total. The minimum Gasteiger partial charge on any atom is -0.458 e. The summed E-state index contributed by atoms with van der Waals surface area (Å²) in [5, 5.41) is 13.7. The molecule has 2 aromatic rings. The molecule has 1 aliphatic rings. The molecule has 17 heavy (non-hydrogen) atoms. The van der Waals surface area contributed by atoms with Crippen molar-refractivity contribution in [3.8, 4) is 11.6 Å². The molecule has 0 aliphatic carbocycles. The quantitative estimate of drug-likeness (QED) is 0.857. The van der Waals surface area contributed by atoms with Crippen LogP contribution in [-0.2, 0) is 6.42 Å². The van der Waals surface area contributed by atoms with Gasteiger partial charge in [0.2, 0.25) is 5.82 Å². The summed E-state index contributed by atoms with van der Waals surface area (Å²) >= 11 is 0. The Bertz CT molecular complexity index is 530. The van der Waals surface area contributed by atoms with Crippen LogP contribution in [0.3, 0.4) is 0 Å². The lowest BCUT2D eigenvalue weighted by molar-refractivity contribution is 0.195. The second-order valence-electron chi connectivity index (χ2n) is 4.44. The van der Waals surface area contributed by atoms with Crippen molar-refractivity contribution >= 4 is 0 Å². The average molecular weight is 233 g/mol. The van der Waals surface area contributed by atoms with Crippen LogP contribution >= 0.6 is 0 Å². The summed E-state index contributed by atoms with van der Waals surface area (Å²) in [6, 6.07) is 3.85. The zero-order chi connectivity index (χ0) is 11.8. The number of aliphatic hydroxyl groups excluding tert-OH is 1. The van der Waals surface area contributed by atoms with Gasteiger partial charge in [-0.1, -0.05) is 0 Å². The number of fused-ring (bicyclic) bond motifs is 1. The van der Waals surface area contributed by atoms with E-state index in [2.05, 4.69) is 10.1 Å². The van der Waals surface area contributed by atoms with Crippen LogP contribution < -0.4 is 0 Å². The van der Waals surface area contributed by atoms with Crippen LogP contribution in [0.15, 0.2) is 16.5 Å². The van der Waals surface area contributed by atoms with Crippen LogP contribution in [0.2, 0.25) is 0 Å². The molecule has 0 aromatic carbocycles. The number of aliphatic hydroxyl groups is 1. The summed E-state index contributed by atoms with van der Waals surface area (Å²) in [6.07, 6.45) is 2.94. The van der Waals surface area contributed by atoms with Crippen LogP contribution in [0.5, 0.6) is 0 Å². The second kappa shape index (κ2) is 4.00. The Kier molecular flexibility index (Phi) is 2.48. The van der Waals surface area contributed by atoms with E-state index >= 15 is 0 Å². The number of hydrogen-bond donors (Lipinski definition) is 1. The van der Waals surface area contributed by atoms with Crippen LogP contribution in [0.25, 0.3) is 11.6 Å². The fourth-order valence-corrected chi connectivity index (χ4v) is 2.26. The number of furan rings is 1. The van der Waals surface area contributed by atoms with Crippen LogP contribution in [-0.4, -0.2) is 26.5 Å². The molecule has 0 bridgehead atoms. The van der Waals surface area contributed by atoms with E-state index in [4.69, 9.17) is 4.42 Å². The number of rotatable bonds is 2.